The second-order valence-corrected chi connectivity index (χ2v) is 22.9. The van der Waals surface area contributed by atoms with Crippen LogP contribution in [0.25, 0.3) is 0 Å². The Balaban J connectivity index is 1.25. The standard InChI is InChI=1S/C38H60O9Si/c1-11-28-23(3)14-15-36(44-28)20-26-17-25(43-36)18-30-35(8,45-30)19-22(2)12-13-29-37(46-29)21-41-32-31(47-48(9,10)34(5,6)7)24(4)16-27(33(39)42-26)38(32,37)40/h12-13,16,22-23,25-32,40H,11,14-15,17-21H2,1-10H3/t22-,23-,25-,26-,27-,28+,29-,30-,31+,32+,35-,36+,37-,38+/m0/s1. The highest BCUT2D eigenvalue weighted by atomic mass is 28.4. The lowest BCUT2D eigenvalue weighted by Crippen LogP contribution is -2.65. The SMILES string of the molecule is CC[C@H]1O[C@]2(CC[C@@H]1C)C[C@@H]1C[C@@H](C[C@@H]3O[C@@]3(C)C[C@@H](C)C=C[C@@H]3O[C@@]34CO[C@@H]3[C@H](O[Si](C)(C)C(C)(C)C)C(C)=C[C@@H](C(=O)O1)[C@@]34O)O2. The number of esters is 1. The maximum absolute atomic E-state index is 14.5. The van der Waals surface area contributed by atoms with E-state index in [0.717, 1.165) is 37.7 Å². The van der Waals surface area contributed by atoms with Crippen LogP contribution in [0.15, 0.2) is 23.8 Å². The summed E-state index contributed by atoms with van der Waals surface area (Å²) in [7, 11) is -2.28. The first-order valence-corrected chi connectivity index (χ1v) is 21.6. The van der Waals surface area contributed by atoms with E-state index in [2.05, 4.69) is 67.6 Å². The largest absolute Gasteiger partial charge is 0.462 e. The molecule has 0 aromatic rings. The molecule has 5 fully saturated rings. The molecule has 7 aliphatic rings. The first-order valence-electron chi connectivity index (χ1n) is 18.7. The van der Waals surface area contributed by atoms with Gasteiger partial charge in [-0.15, -0.1) is 0 Å². The number of ether oxygens (including phenoxy) is 6. The molecule has 9 nitrogen and oxygen atoms in total. The van der Waals surface area contributed by atoms with Crippen LogP contribution in [0.3, 0.4) is 0 Å². The van der Waals surface area contributed by atoms with E-state index in [1.54, 1.807) is 0 Å². The average Bonchev–Trinajstić information content (AvgIpc) is 3.84. The third kappa shape index (κ3) is 5.73. The van der Waals surface area contributed by atoms with Crippen molar-refractivity contribution >= 4 is 14.3 Å². The van der Waals surface area contributed by atoms with Gasteiger partial charge in [0, 0.05) is 25.7 Å². The van der Waals surface area contributed by atoms with Crippen LogP contribution in [0.4, 0.5) is 0 Å². The van der Waals surface area contributed by atoms with Crippen molar-refractivity contribution in [3.05, 3.63) is 23.8 Å². The van der Waals surface area contributed by atoms with E-state index >= 15 is 0 Å². The van der Waals surface area contributed by atoms with Crippen LogP contribution in [0.2, 0.25) is 18.1 Å². The fourth-order valence-corrected chi connectivity index (χ4v) is 10.6. The normalized spacial score (nSPS) is 50.6. The number of epoxide rings is 2. The predicted octanol–water partition coefficient (Wildman–Crippen LogP) is 6.38. The van der Waals surface area contributed by atoms with E-state index in [1.807, 2.05) is 19.1 Å². The molecule has 6 aliphatic heterocycles. The van der Waals surface area contributed by atoms with Crippen LogP contribution >= 0.6 is 0 Å². The number of hydrogen-bond donors (Lipinski definition) is 1. The van der Waals surface area contributed by atoms with Gasteiger partial charge in [0.15, 0.2) is 19.7 Å². The van der Waals surface area contributed by atoms with E-state index < -0.39 is 55.5 Å². The molecule has 1 N–H and O–H groups in total. The molecule has 0 unspecified atom stereocenters. The van der Waals surface area contributed by atoms with Crippen molar-refractivity contribution in [2.45, 2.75) is 184 Å². The summed E-state index contributed by atoms with van der Waals surface area (Å²) in [5, 5.41) is 13.0. The minimum absolute atomic E-state index is 0.0494. The van der Waals surface area contributed by atoms with E-state index in [0.29, 0.717) is 18.8 Å². The highest BCUT2D eigenvalue weighted by Crippen LogP contribution is 2.60. The monoisotopic (exact) mass is 688 g/mol. The average molecular weight is 689 g/mol. The Kier molecular flexibility index (Phi) is 8.60. The zero-order valence-corrected chi connectivity index (χ0v) is 31.9. The molecule has 14 atom stereocenters. The molecule has 2 spiro atoms. The zero-order chi connectivity index (χ0) is 34.7. The van der Waals surface area contributed by atoms with Crippen molar-refractivity contribution in [1.29, 1.82) is 0 Å². The predicted molar refractivity (Wildman–Crippen MR) is 183 cm³/mol. The summed E-state index contributed by atoms with van der Waals surface area (Å²) in [4.78, 5) is 14.5. The minimum atomic E-state index is -2.28. The summed E-state index contributed by atoms with van der Waals surface area (Å²) in [5.74, 6) is -1.58. The van der Waals surface area contributed by atoms with Crippen molar-refractivity contribution in [3.8, 4) is 0 Å². The van der Waals surface area contributed by atoms with E-state index in [4.69, 9.17) is 32.8 Å². The summed E-state index contributed by atoms with van der Waals surface area (Å²) >= 11 is 0. The Morgan fingerprint density at radius 3 is 2.50 bits per heavy atom. The van der Waals surface area contributed by atoms with Crippen LogP contribution in [-0.2, 0) is 37.6 Å². The second-order valence-electron chi connectivity index (χ2n) is 18.1. The molecule has 0 aromatic heterocycles. The van der Waals surface area contributed by atoms with Gasteiger partial charge in [-0.05, 0) is 68.7 Å². The molecular formula is C38H60O9Si. The lowest BCUT2D eigenvalue weighted by molar-refractivity contribution is -0.336. The third-order valence-corrected chi connectivity index (χ3v) is 17.9. The lowest BCUT2D eigenvalue weighted by atomic mass is 9.67. The quantitative estimate of drug-likeness (QED) is 0.157. The summed E-state index contributed by atoms with van der Waals surface area (Å²) in [6.07, 6.45) is 9.26. The highest BCUT2D eigenvalue weighted by molar-refractivity contribution is 6.74. The number of carbonyl (C=O) groups excluding carboxylic acids is 1. The number of aliphatic hydroxyl groups is 1. The van der Waals surface area contributed by atoms with E-state index in [-0.39, 0.29) is 47.6 Å². The summed E-state index contributed by atoms with van der Waals surface area (Å²) < 4.78 is 46.3. The Morgan fingerprint density at radius 1 is 1.04 bits per heavy atom. The number of hydrogen-bond acceptors (Lipinski definition) is 9. The number of rotatable bonds is 3. The molecule has 0 aromatic carbocycles. The molecule has 48 heavy (non-hydrogen) atoms. The van der Waals surface area contributed by atoms with Crippen molar-refractivity contribution in [3.63, 3.8) is 0 Å². The van der Waals surface area contributed by atoms with Gasteiger partial charge >= 0.3 is 5.97 Å². The van der Waals surface area contributed by atoms with Crippen molar-refractivity contribution in [2.75, 3.05) is 6.61 Å². The van der Waals surface area contributed by atoms with Crippen molar-refractivity contribution in [2.24, 2.45) is 17.8 Å². The van der Waals surface area contributed by atoms with Gasteiger partial charge in [-0.2, -0.15) is 0 Å². The third-order valence-electron chi connectivity index (χ3n) is 13.4. The maximum atomic E-state index is 14.5. The molecular weight excluding hydrogens is 628 g/mol. The first kappa shape index (κ1) is 35.3. The molecule has 0 saturated carbocycles. The van der Waals surface area contributed by atoms with Gasteiger partial charge in [-0.25, -0.2) is 0 Å². The summed E-state index contributed by atoms with van der Waals surface area (Å²) in [6.45, 7) is 22.0. The molecule has 270 valence electrons. The van der Waals surface area contributed by atoms with Crippen LogP contribution in [0, 0.1) is 17.8 Å². The molecule has 7 rings (SSSR count). The highest BCUT2D eigenvalue weighted by Gasteiger charge is 2.80. The van der Waals surface area contributed by atoms with Gasteiger partial charge in [0.05, 0.1) is 36.6 Å². The van der Waals surface area contributed by atoms with Gasteiger partial charge in [0.2, 0.25) is 0 Å². The second kappa shape index (κ2) is 11.7. The smallest absolute Gasteiger partial charge is 0.316 e. The lowest BCUT2D eigenvalue weighted by Gasteiger charge is -2.50. The number of allylic oxidation sites excluding steroid dienone is 1. The fraction of sp³-hybridized carbons (Fsp3) is 0.868. The van der Waals surface area contributed by atoms with Gasteiger partial charge in [-0.1, -0.05) is 59.8 Å². The van der Waals surface area contributed by atoms with Gasteiger partial charge in [-0.3, -0.25) is 4.79 Å². The van der Waals surface area contributed by atoms with Crippen molar-refractivity contribution < 1.29 is 42.7 Å². The number of fused-ring (bicyclic) bond motifs is 3. The molecule has 0 radical (unpaired) electrons. The molecule has 10 heteroatoms. The Bertz CT molecular complexity index is 1340. The van der Waals surface area contributed by atoms with Gasteiger partial charge in [0.1, 0.15) is 29.8 Å². The Labute approximate surface area is 288 Å². The fourth-order valence-electron chi connectivity index (χ4n) is 9.31. The first-order chi connectivity index (χ1) is 22.4. The Hall–Kier alpha value is -1.11. The molecule has 5 saturated heterocycles. The summed E-state index contributed by atoms with van der Waals surface area (Å²) in [6, 6.07) is 0. The van der Waals surface area contributed by atoms with Crippen LogP contribution in [-0.4, -0.2) is 91.3 Å². The van der Waals surface area contributed by atoms with Crippen LogP contribution in [0.5, 0.6) is 0 Å². The topological polar surface area (TPSA) is 109 Å². The maximum Gasteiger partial charge on any atom is 0.316 e. The van der Waals surface area contributed by atoms with Gasteiger partial charge in [0.25, 0.3) is 0 Å². The van der Waals surface area contributed by atoms with Crippen LogP contribution < -0.4 is 0 Å². The molecule has 0 amide bonds. The number of carbonyl (C=O) groups is 1. The zero-order valence-electron chi connectivity index (χ0n) is 30.9. The Morgan fingerprint density at radius 2 is 1.79 bits per heavy atom. The molecule has 2 bridgehead atoms. The van der Waals surface area contributed by atoms with Crippen LogP contribution in [0.1, 0.15) is 100 Å². The summed E-state index contributed by atoms with van der Waals surface area (Å²) in [5.41, 5.74) is -2.11. The van der Waals surface area contributed by atoms with E-state index in [9.17, 15) is 9.90 Å². The van der Waals surface area contributed by atoms with Gasteiger partial charge < -0.3 is 38.0 Å². The van der Waals surface area contributed by atoms with Crippen molar-refractivity contribution in [1.82, 2.24) is 0 Å². The molecule has 6 heterocycles. The van der Waals surface area contributed by atoms with E-state index in [1.165, 1.54) is 0 Å². The molecule has 1 aliphatic carbocycles. The minimum Gasteiger partial charge on any atom is -0.462 e.